The first kappa shape index (κ1) is 16.3. The minimum absolute atomic E-state index is 0.0882. The molecule has 0 aliphatic carbocycles. The molecule has 2 aliphatic rings. The highest BCUT2D eigenvalue weighted by molar-refractivity contribution is 5.94. The van der Waals surface area contributed by atoms with E-state index in [4.69, 9.17) is 0 Å². The topological polar surface area (TPSA) is 44.4 Å². The molecule has 130 valence electrons. The Hall–Kier alpha value is -2.17. The molecule has 0 radical (unpaired) electrons. The number of hydrogen-bond donors (Lipinski definition) is 2. The van der Waals surface area contributed by atoms with Crippen molar-refractivity contribution in [2.45, 2.75) is 25.9 Å². The van der Waals surface area contributed by atoms with E-state index >= 15 is 0 Å². The first-order chi connectivity index (χ1) is 12.2. The van der Waals surface area contributed by atoms with Crippen molar-refractivity contribution in [3.8, 4) is 11.1 Å². The monoisotopic (exact) mass is 335 g/mol. The average Bonchev–Trinajstić information content (AvgIpc) is 3.10. The van der Waals surface area contributed by atoms with Crippen LogP contribution in [0.3, 0.4) is 0 Å². The third kappa shape index (κ3) is 3.46. The molecule has 2 aliphatic heterocycles. The maximum Gasteiger partial charge on any atom is 0.228 e. The van der Waals surface area contributed by atoms with Crippen LogP contribution in [0.5, 0.6) is 0 Å². The predicted octanol–water partition coefficient (Wildman–Crippen LogP) is 3.24. The van der Waals surface area contributed by atoms with Crippen LogP contribution in [0.1, 0.15) is 24.0 Å². The van der Waals surface area contributed by atoms with Gasteiger partial charge < -0.3 is 15.5 Å². The molecule has 4 heteroatoms. The molecule has 2 aromatic rings. The Labute approximate surface area is 149 Å². The first-order valence-corrected chi connectivity index (χ1v) is 9.12. The van der Waals surface area contributed by atoms with Crippen LogP contribution in [-0.4, -0.2) is 30.9 Å². The number of piperidine rings is 1. The Kier molecular flexibility index (Phi) is 4.55. The molecule has 4 rings (SSSR count). The lowest BCUT2D eigenvalue weighted by atomic mass is 9.95. The van der Waals surface area contributed by atoms with E-state index in [0.717, 1.165) is 44.7 Å². The maximum absolute atomic E-state index is 12.7. The second-order valence-electron chi connectivity index (χ2n) is 7.22. The molecule has 2 N–H and O–H groups in total. The Morgan fingerprint density at radius 1 is 1.20 bits per heavy atom. The van der Waals surface area contributed by atoms with E-state index in [1.807, 2.05) is 6.07 Å². The molecule has 1 amide bonds. The van der Waals surface area contributed by atoms with Crippen LogP contribution in [0.4, 0.5) is 5.69 Å². The second-order valence-corrected chi connectivity index (χ2v) is 7.22. The molecule has 2 heterocycles. The van der Waals surface area contributed by atoms with Gasteiger partial charge in [0.25, 0.3) is 0 Å². The Bertz CT molecular complexity index is 772. The predicted molar refractivity (Wildman–Crippen MR) is 101 cm³/mol. The molecule has 0 saturated carbocycles. The van der Waals surface area contributed by atoms with Gasteiger partial charge in [0.2, 0.25) is 5.91 Å². The van der Waals surface area contributed by atoms with Gasteiger partial charge in [-0.1, -0.05) is 30.3 Å². The van der Waals surface area contributed by atoms with Crippen molar-refractivity contribution in [2.75, 3.05) is 25.5 Å². The zero-order valence-electron chi connectivity index (χ0n) is 14.7. The van der Waals surface area contributed by atoms with Gasteiger partial charge in [-0.05, 0) is 60.8 Å². The highest BCUT2D eigenvalue weighted by Crippen LogP contribution is 2.33. The number of carbonyl (C=O) groups excluding carboxylic acids is 1. The summed E-state index contributed by atoms with van der Waals surface area (Å²) in [6, 6.07) is 14.7. The van der Waals surface area contributed by atoms with Crippen molar-refractivity contribution in [1.29, 1.82) is 0 Å². The van der Waals surface area contributed by atoms with Gasteiger partial charge in [-0.15, -0.1) is 0 Å². The van der Waals surface area contributed by atoms with Crippen molar-refractivity contribution in [2.24, 2.45) is 5.92 Å². The van der Waals surface area contributed by atoms with Gasteiger partial charge in [-0.2, -0.15) is 0 Å². The van der Waals surface area contributed by atoms with E-state index in [2.05, 4.69) is 59.0 Å². The fraction of sp³-hybridized carbons (Fsp3) is 0.381. The van der Waals surface area contributed by atoms with E-state index in [1.54, 1.807) is 0 Å². The largest absolute Gasteiger partial charge is 0.326 e. The van der Waals surface area contributed by atoms with E-state index in [1.165, 1.54) is 22.3 Å². The first-order valence-electron chi connectivity index (χ1n) is 9.12. The summed E-state index contributed by atoms with van der Waals surface area (Å²) in [4.78, 5) is 15.0. The number of carbonyl (C=O) groups is 1. The molecule has 0 bridgehead atoms. The lowest BCUT2D eigenvalue weighted by molar-refractivity contribution is -0.121. The van der Waals surface area contributed by atoms with Crippen LogP contribution in [-0.2, 0) is 17.9 Å². The number of nitrogens with zero attached hydrogens (tertiary/aromatic N) is 1. The van der Waals surface area contributed by atoms with Crippen LogP contribution in [0.2, 0.25) is 0 Å². The van der Waals surface area contributed by atoms with E-state index in [-0.39, 0.29) is 11.8 Å². The third-order valence-electron chi connectivity index (χ3n) is 5.31. The SMILES string of the molecule is CN1CCCC(C(=O)Nc2cc3c(c(-c4ccccc4)c2)CNC3)C1. The second kappa shape index (κ2) is 6.98. The van der Waals surface area contributed by atoms with Gasteiger partial charge in [-0.3, -0.25) is 4.79 Å². The highest BCUT2D eigenvalue weighted by Gasteiger charge is 2.25. The number of rotatable bonds is 3. The Morgan fingerprint density at radius 2 is 2.04 bits per heavy atom. The number of nitrogens with one attached hydrogen (secondary N) is 2. The smallest absolute Gasteiger partial charge is 0.228 e. The van der Waals surface area contributed by atoms with E-state index in [0.29, 0.717) is 0 Å². The van der Waals surface area contributed by atoms with Gasteiger partial charge in [-0.25, -0.2) is 0 Å². The molecule has 2 aromatic carbocycles. The molecule has 0 spiro atoms. The fourth-order valence-corrected chi connectivity index (χ4v) is 3.99. The number of likely N-dealkylation sites (tertiary alicyclic amines) is 1. The zero-order chi connectivity index (χ0) is 17.2. The van der Waals surface area contributed by atoms with Crippen LogP contribution in [0.15, 0.2) is 42.5 Å². The van der Waals surface area contributed by atoms with Crippen molar-refractivity contribution in [1.82, 2.24) is 10.2 Å². The lowest BCUT2D eigenvalue weighted by Crippen LogP contribution is -2.38. The maximum atomic E-state index is 12.7. The normalized spacial score (nSPS) is 20.3. The molecular weight excluding hydrogens is 310 g/mol. The summed E-state index contributed by atoms with van der Waals surface area (Å²) in [6.07, 6.45) is 2.08. The number of amides is 1. The summed E-state index contributed by atoms with van der Waals surface area (Å²) in [6.45, 7) is 3.70. The minimum Gasteiger partial charge on any atom is -0.326 e. The van der Waals surface area contributed by atoms with Gasteiger partial charge in [0.1, 0.15) is 0 Å². The summed E-state index contributed by atoms with van der Waals surface area (Å²) < 4.78 is 0. The summed E-state index contributed by atoms with van der Waals surface area (Å²) in [7, 11) is 2.09. The van der Waals surface area contributed by atoms with Crippen molar-refractivity contribution < 1.29 is 4.79 Å². The average molecular weight is 335 g/mol. The van der Waals surface area contributed by atoms with Crippen molar-refractivity contribution >= 4 is 11.6 Å². The number of benzene rings is 2. The Balaban J connectivity index is 1.61. The number of anilines is 1. The Morgan fingerprint density at radius 3 is 2.84 bits per heavy atom. The highest BCUT2D eigenvalue weighted by atomic mass is 16.1. The summed E-state index contributed by atoms with van der Waals surface area (Å²) in [5, 5.41) is 6.61. The van der Waals surface area contributed by atoms with Crippen molar-refractivity contribution in [3.05, 3.63) is 53.6 Å². The van der Waals surface area contributed by atoms with Crippen LogP contribution < -0.4 is 10.6 Å². The van der Waals surface area contributed by atoms with Gasteiger partial charge in [0, 0.05) is 25.3 Å². The summed E-state index contributed by atoms with van der Waals surface area (Å²) in [5.74, 6) is 0.238. The van der Waals surface area contributed by atoms with Gasteiger partial charge >= 0.3 is 0 Å². The number of hydrogen-bond acceptors (Lipinski definition) is 3. The van der Waals surface area contributed by atoms with Crippen molar-refractivity contribution in [3.63, 3.8) is 0 Å². The van der Waals surface area contributed by atoms with Crippen LogP contribution in [0.25, 0.3) is 11.1 Å². The zero-order valence-corrected chi connectivity index (χ0v) is 14.7. The quantitative estimate of drug-likeness (QED) is 0.905. The molecule has 0 aromatic heterocycles. The molecule has 4 nitrogen and oxygen atoms in total. The molecule has 25 heavy (non-hydrogen) atoms. The summed E-state index contributed by atoms with van der Waals surface area (Å²) in [5.41, 5.74) is 5.98. The standard InChI is InChI=1S/C21H25N3O/c1-24-9-5-8-16(14-24)21(25)23-18-10-17-12-22-13-20(17)19(11-18)15-6-3-2-4-7-15/h2-4,6-7,10-11,16,22H,5,8-9,12-14H2,1H3,(H,23,25). The van der Waals surface area contributed by atoms with Gasteiger partial charge in [0.05, 0.1) is 5.92 Å². The van der Waals surface area contributed by atoms with Gasteiger partial charge in [0.15, 0.2) is 0 Å². The molecule has 1 atom stereocenters. The summed E-state index contributed by atoms with van der Waals surface area (Å²) >= 11 is 0. The minimum atomic E-state index is 0.0882. The van der Waals surface area contributed by atoms with E-state index in [9.17, 15) is 4.79 Å². The molecule has 1 fully saturated rings. The molecule has 1 saturated heterocycles. The van der Waals surface area contributed by atoms with Crippen LogP contribution in [0, 0.1) is 5.92 Å². The lowest BCUT2D eigenvalue weighted by Gasteiger charge is -2.28. The van der Waals surface area contributed by atoms with Crippen LogP contribution >= 0.6 is 0 Å². The van der Waals surface area contributed by atoms with E-state index < -0.39 is 0 Å². The molecule has 1 unspecified atom stereocenters. The fourth-order valence-electron chi connectivity index (χ4n) is 3.99. The number of fused-ring (bicyclic) bond motifs is 1. The third-order valence-corrected chi connectivity index (χ3v) is 5.31. The molecular formula is C21H25N3O.